The minimum atomic E-state index is -0.621. The van der Waals surface area contributed by atoms with Crippen molar-refractivity contribution >= 4 is 39.0 Å². The molecule has 0 saturated carbocycles. The second-order valence-corrected chi connectivity index (χ2v) is 8.57. The molecule has 1 heterocycles. The van der Waals surface area contributed by atoms with Gasteiger partial charge in [-0.2, -0.15) is 11.8 Å². The molecule has 1 aliphatic carbocycles. The number of aliphatic hydroxyl groups is 1. The Morgan fingerprint density at radius 2 is 2.44 bits per heavy atom. The number of thioether (sulfide) groups is 1. The Hall–Kier alpha value is 0.450. The highest BCUT2D eigenvalue weighted by atomic mass is 79.9. The third-order valence-corrected chi connectivity index (χ3v) is 5.89. The van der Waals surface area contributed by atoms with Gasteiger partial charge in [-0.05, 0) is 60.0 Å². The number of aryl methyl sites for hydroxylation is 1. The van der Waals surface area contributed by atoms with Crippen molar-refractivity contribution in [3.63, 3.8) is 0 Å². The SMILES string of the molecule is CSCC(C)(O)CNC1CCCc2sc(Br)cc21. The fraction of sp³-hybridized carbons (Fsp3) is 0.692. The van der Waals surface area contributed by atoms with E-state index in [1.807, 2.05) is 24.5 Å². The highest BCUT2D eigenvalue weighted by Crippen LogP contribution is 2.38. The Balaban J connectivity index is 1.99. The molecule has 1 aliphatic rings. The van der Waals surface area contributed by atoms with Crippen LogP contribution >= 0.6 is 39.0 Å². The Morgan fingerprint density at radius 1 is 1.67 bits per heavy atom. The predicted molar refractivity (Wildman–Crippen MR) is 84.7 cm³/mol. The van der Waals surface area contributed by atoms with E-state index in [0.29, 0.717) is 12.6 Å². The van der Waals surface area contributed by atoms with Crippen LogP contribution in [-0.4, -0.2) is 29.3 Å². The molecule has 2 rings (SSSR count). The van der Waals surface area contributed by atoms with E-state index in [2.05, 4.69) is 27.3 Å². The van der Waals surface area contributed by atoms with Crippen molar-refractivity contribution in [2.24, 2.45) is 0 Å². The number of rotatable bonds is 5. The molecule has 0 saturated heterocycles. The molecule has 1 aromatic rings. The summed E-state index contributed by atoms with van der Waals surface area (Å²) >= 11 is 7.11. The third-order valence-electron chi connectivity index (χ3n) is 3.27. The minimum Gasteiger partial charge on any atom is -0.388 e. The molecule has 102 valence electrons. The number of nitrogens with one attached hydrogen (secondary N) is 1. The number of fused-ring (bicyclic) bond motifs is 1. The first kappa shape index (κ1) is 14.9. The summed E-state index contributed by atoms with van der Waals surface area (Å²) in [6.45, 7) is 2.56. The van der Waals surface area contributed by atoms with Crippen molar-refractivity contribution in [2.45, 2.75) is 37.8 Å². The first-order valence-electron chi connectivity index (χ1n) is 6.24. The van der Waals surface area contributed by atoms with Crippen LogP contribution in [0.3, 0.4) is 0 Å². The molecular weight excluding hydrogens is 330 g/mol. The molecule has 0 spiro atoms. The summed E-state index contributed by atoms with van der Waals surface area (Å²) in [5.74, 6) is 0.771. The Morgan fingerprint density at radius 3 is 3.17 bits per heavy atom. The van der Waals surface area contributed by atoms with E-state index in [1.165, 1.54) is 33.5 Å². The van der Waals surface area contributed by atoms with Crippen molar-refractivity contribution in [1.29, 1.82) is 0 Å². The van der Waals surface area contributed by atoms with Crippen LogP contribution in [0, 0.1) is 0 Å². The van der Waals surface area contributed by atoms with Crippen LogP contribution in [0.15, 0.2) is 9.85 Å². The van der Waals surface area contributed by atoms with Gasteiger partial charge in [0.05, 0.1) is 9.39 Å². The molecule has 0 bridgehead atoms. The summed E-state index contributed by atoms with van der Waals surface area (Å²) in [6.07, 6.45) is 5.64. The highest BCUT2D eigenvalue weighted by Gasteiger charge is 2.26. The molecule has 2 N–H and O–H groups in total. The second kappa shape index (κ2) is 6.27. The Kier molecular flexibility index (Phi) is 5.17. The van der Waals surface area contributed by atoms with Gasteiger partial charge in [0.25, 0.3) is 0 Å². The second-order valence-electron chi connectivity index (χ2n) is 5.18. The predicted octanol–water partition coefficient (Wildman–Crippen LogP) is 3.59. The molecule has 0 aliphatic heterocycles. The van der Waals surface area contributed by atoms with Gasteiger partial charge in [-0.25, -0.2) is 0 Å². The molecule has 1 aromatic heterocycles. The van der Waals surface area contributed by atoms with Crippen molar-refractivity contribution in [3.05, 3.63) is 20.3 Å². The summed E-state index contributed by atoms with van der Waals surface area (Å²) in [5.41, 5.74) is 0.808. The zero-order valence-corrected chi connectivity index (χ0v) is 14.1. The van der Waals surface area contributed by atoms with Crippen LogP contribution in [-0.2, 0) is 6.42 Å². The summed E-state index contributed by atoms with van der Waals surface area (Å²) in [6, 6.07) is 2.64. The Labute approximate surface area is 126 Å². The summed E-state index contributed by atoms with van der Waals surface area (Å²) in [5, 5.41) is 13.7. The topological polar surface area (TPSA) is 32.3 Å². The van der Waals surface area contributed by atoms with Gasteiger partial charge in [-0.15, -0.1) is 11.3 Å². The van der Waals surface area contributed by atoms with Gasteiger partial charge in [0.2, 0.25) is 0 Å². The molecule has 18 heavy (non-hydrogen) atoms. The van der Waals surface area contributed by atoms with Crippen LogP contribution in [0.2, 0.25) is 0 Å². The van der Waals surface area contributed by atoms with E-state index in [4.69, 9.17) is 0 Å². The zero-order chi connectivity index (χ0) is 13.2. The standard InChI is InChI=1S/C13H20BrNOS2/c1-13(16,8-17-2)7-15-10-4-3-5-11-9(10)6-12(14)18-11/h6,10,15-16H,3-5,7-8H2,1-2H3. The quantitative estimate of drug-likeness (QED) is 0.851. The average molecular weight is 350 g/mol. The molecule has 0 radical (unpaired) electrons. The van der Waals surface area contributed by atoms with E-state index >= 15 is 0 Å². The first-order valence-corrected chi connectivity index (χ1v) is 9.25. The highest BCUT2D eigenvalue weighted by molar-refractivity contribution is 9.11. The van der Waals surface area contributed by atoms with E-state index in [9.17, 15) is 5.11 Å². The molecule has 0 amide bonds. The lowest BCUT2D eigenvalue weighted by Gasteiger charge is -2.29. The Bertz CT molecular complexity index is 406. The molecule has 0 fully saturated rings. The van der Waals surface area contributed by atoms with Crippen molar-refractivity contribution in [2.75, 3.05) is 18.6 Å². The number of hydrogen-bond donors (Lipinski definition) is 2. The molecule has 0 aromatic carbocycles. The largest absolute Gasteiger partial charge is 0.388 e. The van der Waals surface area contributed by atoms with E-state index in [-0.39, 0.29) is 0 Å². The zero-order valence-electron chi connectivity index (χ0n) is 10.8. The first-order chi connectivity index (χ1) is 8.52. The maximum absolute atomic E-state index is 10.2. The van der Waals surface area contributed by atoms with E-state index < -0.39 is 5.60 Å². The summed E-state index contributed by atoms with van der Waals surface area (Å²) in [4.78, 5) is 1.50. The van der Waals surface area contributed by atoms with Crippen molar-refractivity contribution in [3.8, 4) is 0 Å². The molecule has 2 unspecified atom stereocenters. The third kappa shape index (κ3) is 3.73. The molecule has 5 heteroatoms. The maximum atomic E-state index is 10.2. The van der Waals surface area contributed by atoms with Crippen LogP contribution in [0.1, 0.15) is 36.2 Å². The van der Waals surface area contributed by atoms with Gasteiger partial charge in [-0.3, -0.25) is 0 Å². The summed E-state index contributed by atoms with van der Waals surface area (Å²) < 4.78 is 1.22. The van der Waals surface area contributed by atoms with Crippen molar-refractivity contribution in [1.82, 2.24) is 5.32 Å². The average Bonchev–Trinajstić information content (AvgIpc) is 2.67. The van der Waals surface area contributed by atoms with Gasteiger partial charge < -0.3 is 10.4 Å². The fourth-order valence-corrected chi connectivity index (χ4v) is 4.98. The van der Waals surface area contributed by atoms with Crippen LogP contribution in [0.25, 0.3) is 0 Å². The fourth-order valence-electron chi connectivity index (χ4n) is 2.44. The van der Waals surface area contributed by atoms with Gasteiger partial charge in [-0.1, -0.05) is 0 Å². The number of hydrogen-bond acceptors (Lipinski definition) is 4. The van der Waals surface area contributed by atoms with Crippen LogP contribution in [0.4, 0.5) is 0 Å². The van der Waals surface area contributed by atoms with Crippen LogP contribution < -0.4 is 5.32 Å². The van der Waals surface area contributed by atoms with Gasteiger partial charge in [0.1, 0.15) is 0 Å². The monoisotopic (exact) mass is 349 g/mol. The summed E-state index contributed by atoms with van der Waals surface area (Å²) in [7, 11) is 0. The molecule has 2 atom stereocenters. The lowest BCUT2D eigenvalue weighted by Crippen LogP contribution is -2.41. The van der Waals surface area contributed by atoms with Gasteiger partial charge in [0.15, 0.2) is 0 Å². The number of halogens is 1. The maximum Gasteiger partial charge on any atom is 0.0833 e. The molecular formula is C13H20BrNOS2. The van der Waals surface area contributed by atoms with Gasteiger partial charge in [0, 0.05) is 23.2 Å². The van der Waals surface area contributed by atoms with Gasteiger partial charge >= 0.3 is 0 Å². The molecule has 2 nitrogen and oxygen atoms in total. The van der Waals surface area contributed by atoms with E-state index in [0.717, 1.165) is 5.75 Å². The normalized spacial score (nSPS) is 22.6. The minimum absolute atomic E-state index is 0.407. The van der Waals surface area contributed by atoms with E-state index in [1.54, 1.807) is 11.8 Å². The lowest BCUT2D eigenvalue weighted by molar-refractivity contribution is 0.0806. The lowest BCUT2D eigenvalue weighted by atomic mass is 9.93. The smallest absolute Gasteiger partial charge is 0.0833 e. The van der Waals surface area contributed by atoms with Crippen LogP contribution in [0.5, 0.6) is 0 Å². The van der Waals surface area contributed by atoms with Crippen molar-refractivity contribution < 1.29 is 5.11 Å². The number of thiophene rings is 1.